The van der Waals surface area contributed by atoms with Gasteiger partial charge in [0.2, 0.25) is 0 Å². The SMILES string of the molecule is Cc1cccc2[nH]c(=O)c(C(=O)N(C)c3ccc(C(F)(F)F)cc3)c(Cl)c12. The van der Waals surface area contributed by atoms with Crippen LogP contribution in [0.15, 0.2) is 47.3 Å². The summed E-state index contributed by atoms with van der Waals surface area (Å²) in [6, 6.07) is 9.28. The molecule has 3 rings (SSSR count). The van der Waals surface area contributed by atoms with Crippen molar-refractivity contribution in [3.63, 3.8) is 0 Å². The first-order valence-corrected chi connectivity index (χ1v) is 8.25. The molecule has 0 aliphatic rings. The quantitative estimate of drug-likeness (QED) is 0.679. The van der Waals surface area contributed by atoms with Gasteiger partial charge in [-0.25, -0.2) is 0 Å². The lowest BCUT2D eigenvalue weighted by Gasteiger charge is -2.19. The highest BCUT2D eigenvalue weighted by Crippen LogP contribution is 2.31. The third-order valence-electron chi connectivity index (χ3n) is 4.29. The lowest BCUT2D eigenvalue weighted by atomic mass is 10.1. The maximum absolute atomic E-state index is 12.8. The molecule has 1 N–H and O–H groups in total. The van der Waals surface area contributed by atoms with Gasteiger partial charge < -0.3 is 9.88 Å². The lowest BCUT2D eigenvalue weighted by Crippen LogP contribution is -2.32. The second kappa shape index (κ2) is 6.74. The maximum atomic E-state index is 12.8. The van der Waals surface area contributed by atoms with Crippen LogP contribution in [0.4, 0.5) is 18.9 Å². The number of halogens is 4. The number of carbonyl (C=O) groups is 1. The maximum Gasteiger partial charge on any atom is 0.416 e. The minimum absolute atomic E-state index is 0.00983. The van der Waals surface area contributed by atoms with Crippen LogP contribution in [0.5, 0.6) is 0 Å². The Kier molecular flexibility index (Phi) is 4.73. The lowest BCUT2D eigenvalue weighted by molar-refractivity contribution is -0.137. The number of rotatable bonds is 2. The molecule has 0 aliphatic heterocycles. The molecule has 2 aromatic carbocycles. The normalized spacial score (nSPS) is 11.6. The van der Waals surface area contributed by atoms with Gasteiger partial charge in [0, 0.05) is 18.1 Å². The number of aromatic amines is 1. The molecule has 1 aromatic heterocycles. The number of alkyl halides is 3. The van der Waals surface area contributed by atoms with Gasteiger partial charge in [-0.3, -0.25) is 9.59 Å². The van der Waals surface area contributed by atoms with Crippen molar-refractivity contribution in [2.24, 2.45) is 0 Å². The van der Waals surface area contributed by atoms with Crippen LogP contribution in [0, 0.1) is 6.92 Å². The number of carbonyl (C=O) groups excluding carboxylic acids is 1. The largest absolute Gasteiger partial charge is 0.416 e. The predicted octanol–water partition coefficient (Wildman–Crippen LogP) is 4.79. The molecular weight excluding hydrogens is 381 g/mol. The van der Waals surface area contributed by atoms with E-state index in [-0.39, 0.29) is 16.3 Å². The molecule has 0 saturated carbocycles. The van der Waals surface area contributed by atoms with E-state index in [2.05, 4.69) is 4.98 Å². The number of anilines is 1. The summed E-state index contributed by atoms with van der Waals surface area (Å²) >= 11 is 6.35. The highest BCUT2D eigenvalue weighted by atomic mass is 35.5. The second-order valence-corrected chi connectivity index (χ2v) is 6.43. The highest BCUT2D eigenvalue weighted by Gasteiger charge is 2.30. The topological polar surface area (TPSA) is 53.2 Å². The number of nitrogens with one attached hydrogen (secondary N) is 1. The molecule has 0 atom stereocenters. The van der Waals surface area contributed by atoms with Gasteiger partial charge in [-0.15, -0.1) is 0 Å². The molecule has 27 heavy (non-hydrogen) atoms. The number of aryl methyl sites for hydroxylation is 1. The fourth-order valence-electron chi connectivity index (χ4n) is 2.82. The fourth-order valence-corrected chi connectivity index (χ4v) is 3.24. The molecular formula is C19H14ClF3N2O2. The van der Waals surface area contributed by atoms with Crippen molar-refractivity contribution in [2.75, 3.05) is 11.9 Å². The van der Waals surface area contributed by atoms with Crippen LogP contribution in [0.1, 0.15) is 21.5 Å². The van der Waals surface area contributed by atoms with Crippen LogP contribution in [-0.2, 0) is 6.18 Å². The Labute approximate surface area is 157 Å². The van der Waals surface area contributed by atoms with Gasteiger partial charge in [0.15, 0.2) is 0 Å². The van der Waals surface area contributed by atoms with E-state index in [1.807, 2.05) is 0 Å². The van der Waals surface area contributed by atoms with Crippen molar-refractivity contribution in [1.29, 1.82) is 0 Å². The van der Waals surface area contributed by atoms with Crippen molar-refractivity contribution in [2.45, 2.75) is 13.1 Å². The van der Waals surface area contributed by atoms with Gasteiger partial charge in [0.1, 0.15) is 5.56 Å². The first kappa shape index (κ1) is 19.0. The van der Waals surface area contributed by atoms with Crippen LogP contribution in [0.3, 0.4) is 0 Å². The van der Waals surface area contributed by atoms with E-state index < -0.39 is 23.2 Å². The number of benzene rings is 2. The zero-order chi connectivity index (χ0) is 19.9. The second-order valence-electron chi connectivity index (χ2n) is 6.05. The molecule has 1 heterocycles. The third kappa shape index (κ3) is 3.42. The molecule has 140 valence electrons. The first-order valence-electron chi connectivity index (χ1n) is 7.87. The van der Waals surface area contributed by atoms with Gasteiger partial charge in [-0.05, 0) is 42.8 Å². The standard InChI is InChI=1S/C19H14ClF3N2O2/c1-10-4-3-5-13-14(10)16(20)15(17(26)24-13)18(27)25(2)12-8-6-11(7-9-12)19(21,22)23/h3-9H,1-2H3,(H,24,26). The van der Waals surface area contributed by atoms with Gasteiger partial charge >= 0.3 is 6.18 Å². The smallest absolute Gasteiger partial charge is 0.321 e. The van der Waals surface area contributed by atoms with Gasteiger partial charge in [0.05, 0.1) is 16.1 Å². The highest BCUT2D eigenvalue weighted by molar-refractivity contribution is 6.39. The number of pyridine rings is 1. The molecule has 4 nitrogen and oxygen atoms in total. The molecule has 0 unspecified atom stereocenters. The summed E-state index contributed by atoms with van der Waals surface area (Å²) < 4.78 is 38.1. The Morgan fingerprint density at radius 1 is 1.11 bits per heavy atom. The van der Waals surface area contributed by atoms with Crippen molar-refractivity contribution in [3.05, 3.63) is 74.5 Å². The molecule has 0 bridgehead atoms. The van der Waals surface area contributed by atoms with E-state index in [0.717, 1.165) is 34.7 Å². The summed E-state index contributed by atoms with van der Waals surface area (Å²) in [6.45, 7) is 1.79. The number of hydrogen-bond donors (Lipinski definition) is 1. The zero-order valence-corrected chi connectivity index (χ0v) is 15.1. The summed E-state index contributed by atoms with van der Waals surface area (Å²) in [7, 11) is 1.36. The van der Waals surface area contributed by atoms with E-state index in [0.29, 0.717) is 10.9 Å². The Bertz CT molecular complexity index is 1090. The molecule has 1 amide bonds. The minimum Gasteiger partial charge on any atom is -0.321 e. The molecule has 0 spiro atoms. The molecule has 8 heteroatoms. The van der Waals surface area contributed by atoms with Crippen molar-refractivity contribution >= 4 is 34.1 Å². The molecule has 0 fully saturated rings. The van der Waals surface area contributed by atoms with Crippen LogP contribution >= 0.6 is 11.6 Å². The molecule has 3 aromatic rings. The monoisotopic (exact) mass is 394 g/mol. The zero-order valence-electron chi connectivity index (χ0n) is 14.3. The van der Waals surface area contributed by atoms with Gasteiger partial charge in [0.25, 0.3) is 11.5 Å². The van der Waals surface area contributed by atoms with Crippen LogP contribution < -0.4 is 10.5 Å². The molecule has 0 radical (unpaired) electrons. The van der Waals surface area contributed by atoms with Crippen molar-refractivity contribution in [3.8, 4) is 0 Å². The van der Waals surface area contributed by atoms with Gasteiger partial charge in [-0.1, -0.05) is 23.7 Å². The minimum atomic E-state index is -4.47. The van der Waals surface area contributed by atoms with E-state index in [1.165, 1.54) is 7.05 Å². The summed E-state index contributed by atoms with van der Waals surface area (Å²) in [6.07, 6.45) is -4.47. The number of amides is 1. The van der Waals surface area contributed by atoms with Crippen LogP contribution in [-0.4, -0.2) is 17.9 Å². The number of H-pyrrole nitrogens is 1. The Morgan fingerprint density at radius 3 is 2.33 bits per heavy atom. The van der Waals surface area contributed by atoms with Crippen LogP contribution in [0.2, 0.25) is 5.02 Å². The van der Waals surface area contributed by atoms with E-state index in [1.54, 1.807) is 25.1 Å². The summed E-state index contributed by atoms with van der Waals surface area (Å²) in [5, 5.41) is 0.554. The van der Waals surface area contributed by atoms with E-state index in [4.69, 9.17) is 11.6 Å². The fraction of sp³-hybridized carbons (Fsp3) is 0.158. The average molecular weight is 395 g/mol. The Morgan fingerprint density at radius 2 is 1.74 bits per heavy atom. The predicted molar refractivity (Wildman–Crippen MR) is 98.5 cm³/mol. The van der Waals surface area contributed by atoms with Crippen molar-refractivity contribution in [1.82, 2.24) is 4.98 Å². The summed E-state index contributed by atoms with van der Waals surface area (Å²) in [5.74, 6) is -0.717. The van der Waals surface area contributed by atoms with Crippen molar-refractivity contribution < 1.29 is 18.0 Å². The number of hydrogen-bond acceptors (Lipinski definition) is 2. The number of nitrogens with zero attached hydrogens (tertiary/aromatic N) is 1. The van der Waals surface area contributed by atoms with Crippen LogP contribution in [0.25, 0.3) is 10.9 Å². The summed E-state index contributed by atoms with van der Waals surface area (Å²) in [4.78, 5) is 28.9. The van der Waals surface area contributed by atoms with Gasteiger partial charge in [-0.2, -0.15) is 13.2 Å². The van der Waals surface area contributed by atoms with E-state index in [9.17, 15) is 22.8 Å². The average Bonchev–Trinajstić information content (AvgIpc) is 2.60. The Balaban J connectivity index is 2.05. The molecule has 0 saturated heterocycles. The number of fused-ring (bicyclic) bond motifs is 1. The Hall–Kier alpha value is -2.80. The molecule has 0 aliphatic carbocycles. The third-order valence-corrected chi connectivity index (χ3v) is 4.67. The van der Waals surface area contributed by atoms with E-state index >= 15 is 0 Å². The summed E-state index contributed by atoms with van der Waals surface area (Å²) in [5.41, 5.74) is -0.279. The first-order chi connectivity index (χ1) is 12.6. The number of aromatic nitrogens is 1.